The number of alkyl halides is 3. The fourth-order valence-corrected chi connectivity index (χ4v) is 3.36. The molecule has 0 aliphatic rings. The molecular formula is C20H20F3N3O3S. The number of aliphatic hydroxyl groups excluding tert-OH is 1. The molecule has 160 valence electrons. The summed E-state index contributed by atoms with van der Waals surface area (Å²) < 4.78 is 44.4. The Morgan fingerprint density at radius 2 is 2.10 bits per heavy atom. The van der Waals surface area contributed by atoms with Crippen LogP contribution in [0, 0.1) is 6.92 Å². The van der Waals surface area contributed by atoms with Crippen LogP contribution in [0.1, 0.15) is 34.3 Å². The summed E-state index contributed by atoms with van der Waals surface area (Å²) in [6, 6.07) is 6.07. The second kappa shape index (κ2) is 8.99. The number of rotatable bonds is 7. The van der Waals surface area contributed by atoms with E-state index < -0.39 is 17.6 Å². The molecule has 0 fully saturated rings. The number of benzene rings is 1. The van der Waals surface area contributed by atoms with Gasteiger partial charge in [0.25, 0.3) is 5.91 Å². The molecule has 0 unspecified atom stereocenters. The second-order valence-electron chi connectivity index (χ2n) is 6.72. The lowest BCUT2D eigenvalue weighted by Crippen LogP contribution is -2.28. The van der Waals surface area contributed by atoms with E-state index >= 15 is 0 Å². The maximum Gasteiger partial charge on any atom is 0.416 e. The van der Waals surface area contributed by atoms with Crippen LogP contribution in [0.4, 0.5) is 18.3 Å². The highest BCUT2D eigenvalue weighted by molar-refractivity contribution is 7.14. The topological polar surface area (TPSA) is 87.4 Å². The zero-order chi connectivity index (χ0) is 21.9. The number of thiazole rings is 1. The van der Waals surface area contributed by atoms with Gasteiger partial charge in [0.15, 0.2) is 5.13 Å². The highest BCUT2D eigenvalue weighted by Crippen LogP contribution is 2.33. The number of halogens is 3. The molecule has 0 bridgehead atoms. The van der Waals surface area contributed by atoms with Crippen LogP contribution in [0.2, 0.25) is 0 Å². The van der Waals surface area contributed by atoms with E-state index in [-0.39, 0.29) is 35.3 Å². The number of carbonyl (C=O) groups is 1. The smallest absolute Gasteiger partial charge is 0.416 e. The van der Waals surface area contributed by atoms with Crippen molar-refractivity contribution in [2.75, 3.05) is 11.9 Å². The average Bonchev–Trinajstić information content (AvgIpc) is 3.31. The minimum absolute atomic E-state index is 0.00169. The van der Waals surface area contributed by atoms with Gasteiger partial charge >= 0.3 is 6.18 Å². The number of nitrogens with zero attached hydrogens (tertiary/aromatic N) is 1. The summed E-state index contributed by atoms with van der Waals surface area (Å²) in [4.78, 5) is 16.9. The Labute approximate surface area is 174 Å². The lowest BCUT2D eigenvalue weighted by atomic mass is 10.1. The van der Waals surface area contributed by atoms with E-state index in [9.17, 15) is 18.0 Å². The summed E-state index contributed by atoms with van der Waals surface area (Å²) in [5, 5.41) is 16.9. The molecule has 10 heteroatoms. The summed E-state index contributed by atoms with van der Waals surface area (Å²) in [7, 11) is 0. The number of hydrogen-bond acceptors (Lipinski definition) is 6. The van der Waals surface area contributed by atoms with Crippen molar-refractivity contribution in [3.63, 3.8) is 0 Å². The summed E-state index contributed by atoms with van der Waals surface area (Å²) in [5.74, 6) is -0.00652. The van der Waals surface area contributed by atoms with E-state index in [4.69, 9.17) is 9.52 Å². The van der Waals surface area contributed by atoms with Crippen LogP contribution in [0.5, 0.6) is 0 Å². The molecule has 30 heavy (non-hydrogen) atoms. The summed E-state index contributed by atoms with van der Waals surface area (Å²) in [6.45, 7) is 3.85. The molecule has 0 radical (unpaired) electrons. The van der Waals surface area contributed by atoms with Crippen LogP contribution >= 0.6 is 11.3 Å². The van der Waals surface area contributed by atoms with Crippen molar-refractivity contribution in [1.29, 1.82) is 0 Å². The number of nitrogens with one attached hydrogen (secondary N) is 2. The molecule has 2 heterocycles. The molecule has 3 rings (SSSR count). The maximum absolute atomic E-state index is 12.9. The third-order valence-corrected chi connectivity index (χ3v) is 5.12. The number of amides is 1. The van der Waals surface area contributed by atoms with Gasteiger partial charge in [-0.05, 0) is 32.0 Å². The maximum atomic E-state index is 12.9. The fraction of sp³-hybridized carbons (Fsp3) is 0.300. The number of aryl methyl sites for hydroxylation is 1. The van der Waals surface area contributed by atoms with Gasteiger partial charge in [-0.25, -0.2) is 4.98 Å². The SMILES string of the molecule is Cc1oc(-c2cccc(C(F)(F)F)c2)cc1C(=O)Nc1nc(CN[C@H](C)CO)cs1. The Kier molecular flexibility index (Phi) is 6.59. The Balaban J connectivity index is 1.73. The zero-order valence-electron chi connectivity index (χ0n) is 16.2. The average molecular weight is 439 g/mol. The molecular weight excluding hydrogens is 419 g/mol. The Bertz CT molecular complexity index is 1030. The van der Waals surface area contributed by atoms with Crippen LogP contribution < -0.4 is 10.6 Å². The number of anilines is 1. The van der Waals surface area contributed by atoms with Crippen molar-refractivity contribution in [2.45, 2.75) is 32.6 Å². The van der Waals surface area contributed by atoms with Gasteiger partial charge < -0.3 is 14.8 Å². The minimum atomic E-state index is -4.47. The van der Waals surface area contributed by atoms with Crippen LogP contribution in [0.25, 0.3) is 11.3 Å². The van der Waals surface area contributed by atoms with Crippen LogP contribution in [-0.2, 0) is 12.7 Å². The quantitative estimate of drug-likeness (QED) is 0.506. The molecule has 3 N–H and O–H groups in total. The first kappa shape index (κ1) is 22.0. The Hall–Kier alpha value is -2.69. The number of aliphatic hydroxyl groups is 1. The molecule has 1 amide bonds. The van der Waals surface area contributed by atoms with E-state index in [1.165, 1.54) is 29.5 Å². The number of hydrogen-bond donors (Lipinski definition) is 3. The van der Waals surface area contributed by atoms with E-state index in [1.54, 1.807) is 12.3 Å². The van der Waals surface area contributed by atoms with Crippen molar-refractivity contribution in [2.24, 2.45) is 0 Å². The second-order valence-corrected chi connectivity index (χ2v) is 7.58. The molecule has 0 saturated carbocycles. The van der Waals surface area contributed by atoms with Gasteiger partial charge in [-0.15, -0.1) is 11.3 Å². The first-order valence-corrected chi connectivity index (χ1v) is 9.93. The van der Waals surface area contributed by atoms with Gasteiger partial charge in [0.1, 0.15) is 11.5 Å². The highest BCUT2D eigenvalue weighted by Gasteiger charge is 2.30. The van der Waals surface area contributed by atoms with Crippen LogP contribution in [0.3, 0.4) is 0 Å². The monoisotopic (exact) mass is 439 g/mol. The minimum Gasteiger partial charge on any atom is -0.461 e. The standard InChI is InChI=1S/C20H20F3N3O3S/c1-11(9-27)24-8-15-10-30-19(25-15)26-18(28)16-7-17(29-12(16)2)13-4-3-5-14(6-13)20(21,22)23/h3-7,10-11,24,27H,8-9H2,1-2H3,(H,25,26,28)/t11-/m1/s1. The molecule has 0 aliphatic carbocycles. The van der Waals surface area contributed by atoms with E-state index in [2.05, 4.69) is 15.6 Å². The molecule has 0 aliphatic heterocycles. The van der Waals surface area contributed by atoms with Crippen molar-refractivity contribution >= 4 is 22.4 Å². The Morgan fingerprint density at radius 3 is 2.80 bits per heavy atom. The van der Waals surface area contributed by atoms with Gasteiger partial charge in [-0.2, -0.15) is 13.2 Å². The van der Waals surface area contributed by atoms with Crippen molar-refractivity contribution in [3.8, 4) is 11.3 Å². The normalized spacial score (nSPS) is 12.7. The lowest BCUT2D eigenvalue weighted by molar-refractivity contribution is -0.137. The predicted octanol–water partition coefficient (Wildman–Crippen LogP) is 4.45. The third-order valence-electron chi connectivity index (χ3n) is 4.31. The van der Waals surface area contributed by atoms with Crippen LogP contribution in [0.15, 0.2) is 40.1 Å². The number of aromatic nitrogens is 1. The molecule has 6 nitrogen and oxygen atoms in total. The zero-order valence-corrected chi connectivity index (χ0v) is 17.0. The van der Waals surface area contributed by atoms with Gasteiger partial charge in [0.2, 0.25) is 0 Å². The van der Waals surface area contributed by atoms with Crippen LogP contribution in [-0.4, -0.2) is 28.6 Å². The molecule has 0 spiro atoms. The highest BCUT2D eigenvalue weighted by atomic mass is 32.1. The predicted molar refractivity (Wildman–Crippen MR) is 107 cm³/mol. The molecule has 1 aromatic carbocycles. The largest absolute Gasteiger partial charge is 0.461 e. The molecule has 2 aromatic heterocycles. The van der Waals surface area contributed by atoms with Crippen molar-refractivity contribution in [3.05, 3.63) is 58.3 Å². The lowest BCUT2D eigenvalue weighted by Gasteiger charge is -2.08. The van der Waals surface area contributed by atoms with Crippen molar-refractivity contribution < 1.29 is 27.5 Å². The molecule has 3 aromatic rings. The number of carbonyl (C=O) groups excluding carboxylic acids is 1. The summed E-state index contributed by atoms with van der Waals surface area (Å²) in [5.41, 5.74) is 0.363. The first-order chi connectivity index (χ1) is 14.2. The van der Waals surface area contributed by atoms with Gasteiger partial charge in [0, 0.05) is 23.5 Å². The molecule has 0 saturated heterocycles. The first-order valence-electron chi connectivity index (χ1n) is 9.05. The van der Waals surface area contributed by atoms with Gasteiger partial charge in [0.05, 0.1) is 23.4 Å². The fourth-order valence-electron chi connectivity index (χ4n) is 2.65. The summed E-state index contributed by atoms with van der Waals surface area (Å²) >= 11 is 1.24. The van der Waals surface area contributed by atoms with Gasteiger partial charge in [-0.1, -0.05) is 12.1 Å². The Morgan fingerprint density at radius 1 is 1.33 bits per heavy atom. The van der Waals surface area contributed by atoms with E-state index in [0.29, 0.717) is 17.4 Å². The summed E-state index contributed by atoms with van der Waals surface area (Å²) in [6.07, 6.45) is -4.47. The number of furan rings is 1. The molecule has 1 atom stereocenters. The van der Waals surface area contributed by atoms with E-state index in [1.807, 2.05) is 6.92 Å². The third kappa shape index (κ3) is 5.26. The van der Waals surface area contributed by atoms with E-state index in [0.717, 1.165) is 12.1 Å². The van der Waals surface area contributed by atoms with Crippen molar-refractivity contribution in [1.82, 2.24) is 10.3 Å². The van der Waals surface area contributed by atoms with Gasteiger partial charge in [-0.3, -0.25) is 10.1 Å².